The van der Waals surface area contributed by atoms with Crippen LogP contribution in [0.5, 0.6) is 0 Å². The van der Waals surface area contributed by atoms with Crippen LogP contribution in [0, 0.1) is 56.7 Å². The molecule has 0 saturated heterocycles. The van der Waals surface area contributed by atoms with Gasteiger partial charge in [-0.2, -0.15) is 17.5 Å². The number of fused-ring (bicyclic) bond motifs is 1. The van der Waals surface area contributed by atoms with Crippen LogP contribution in [0.3, 0.4) is 0 Å². The van der Waals surface area contributed by atoms with E-state index in [1.165, 1.54) is 48.8 Å². The predicted molar refractivity (Wildman–Crippen MR) is 231 cm³/mol. The number of ketones is 1. The molecule has 2 spiro atoms. The van der Waals surface area contributed by atoms with E-state index in [0.29, 0.717) is 72.6 Å². The van der Waals surface area contributed by atoms with Gasteiger partial charge < -0.3 is 14.6 Å². The third-order valence-electron chi connectivity index (χ3n) is 18.5. The van der Waals surface area contributed by atoms with Crippen LogP contribution >= 0.6 is 22.9 Å². The number of allylic oxidation sites excluding steroid dienone is 4. The highest BCUT2D eigenvalue weighted by atomic mass is 35.5. The highest BCUT2D eigenvalue weighted by Crippen LogP contribution is 2.78. The summed E-state index contributed by atoms with van der Waals surface area (Å²) in [6, 6.07) is 9.45. The highest BCUT2D eigenvalue weighted by molar-refractivity contribution is 7.91. The molecule has 13 rings (SSSR count). The lowest BCUT2D eigenvalue weighted by Crippen LogP contribution is -2.67. The van der Waals surface area contributed by atoms with E-state index in [9.17, 15) is 31.8 Å². The molecule has 1 aromatic carbocycles. The summed E-state index contributed by atoms with van der Waals surface area (Å²) in [5.74, 6) is 1.27. The normalized spacial score (nSPS) is 41.6. The van der Waals surface area contributed by atoms with E-state index in [2.05, 4.69) is 32.1 Å². The molecule has 7 fully saturated rings. The van der Waals surface area contributed by atoms with Crippen molar-refractivity contribution in [3.63, 3.8) is 0 Å². The Hall–Kier alpha value is -2.74. The van der Waals surface area contributed by atoms with E-state index in [-0.39, 0.29) is 57.1 Å². The fourth-order valence-corrected chi connectivity index (χ4v) is 19.1. The Morgan fingerprint density at radius 1 is 0.903 bits per heavy atom. The maximum atomic E-state index is 15.3. The molecule has 2 heterocycles. The van der Waals surface area contributed by atoms with Gasteiger partial charge in [-0.3, -0.25) is 4.79 Å². The first-order valence-corrected chi connectivity index (χ1v) is 25.3. The number of carbonyl (C=O) groups excluding carboxylic acids is 1. The third kappa shape index (κ3) is 5.83. The first kappa shape index (κ1) is 41.9. The quantitative estimate of drug-likeness (QED) is 0.164. The number of hydrogen-bond donors (Lipinski definition) is 2. The molecule has 7 saturated carbocycles. The number of rotatable bonds is 9. The van der Waals surface area contributed by atoms with E-state index < -0.39 is 49.7 Å². The van der Waals surface area contributed by atoms with Crippen LogP contribution in [-0.2, 0) is 16.2 Å². The summed E-state index contributed by atoms with van der Waals surface area (Å²) >= 11 is 7.64. The number of alkyl halides is 3. The molecule has 6 bridgehead atoms. The van der Waals surface area contributed by atoms with Crippen molar-refractivity contribution in [1.29, 1.82) is 0 Å². The van der Waals surface area contributed by atoms with Gasteiger partial charge in [0, 0.05) is 40.5 Å². The molecule has 10 aliphatic rings. The lowest BCUT2D eigenvalue weighted by Gasteiger charge is -2.71. The van der Waals surface area contributed by atoms with E-state index in [4.69, 9.17) is 16.0 Å². The van der Waals surface area contributed by atoms with Crippen LogP contribution in [0.15, 0.2) is 80.3 Å². The summed E-state index contributed by atoms with van der Waals surface area (Å²) in [6.45, 7) is 4.80. The van der Waals surface area contributed by atoms with E-state index in [0.717, 1.165) is 37.8 Å². The van der Waals surface area contributed by atoms with E-state index in [1.807, 2.05) is 0 Å². The number of aliphatic hydroxyl groups is 2. The first-order valence-electron chi connectivity index (χ1n) is 22.6. The lowest BCUT2D eigenvalue weighted by atomic mass is 9.32. The number of aliphatic hydroxyl groups excluding tert-OH is 1. The van der Waals surface area contributed by atoms with Crippen molar-refractivity contribution in [3.05, 3.63) is 88.0 Å². The average Bonchev–Trinajstić information content (AvgIpc) is 3.98. The van der Waals surface area contributed by atoms with Gasteiger partial charge in [-0.1, -0.05) is 49.7 Å². The number of Topliss-reactive ketones (excluding diaryl/α,β-unsaturated/α-hetero) is 1. The molecule has 8 atom stereocenters. The second-order valence-corrected chi connectivity index (χ2v) is 25.1. The maximum Gasteiger partial charge on any atom is 0.416 e. The van der Waals surface area contributed by atoms with E-state index in [1.54, 1.807) is 21.8 Å². The van der Waals surface area contributed by atoms with Crippen molar-refractivity contribution in [1.82, 2.24) is 4.31 Å². The zero-order chi connectivity index (χ0) is 43.5. The molecule has 8 unspecified atom stereocenters. The molecule has 332 valence electrons. The molecule has 10 aliphatic carbocycles. The number of benzene rings is 1. The number of furan rings is 1. The van der Waals surface area contributed by atoms with Crippen molar-refractivity contribution < 1.29 is 41.0 Å². The summed E-state index contributed by atoms with van der Waals surface area (Å²) in [4.78, 5) is 15.3. The molecule has 13 heteroatoms. The van der Waals surface area contributed by atoms with Gasteiger partial charge in [-0.05, 0) is 166 Å². The molecule has 2 aromatic heterocycles. The van der Waals surface area contributed by atoms with Gasteiger partial charge in [-0.25, -0.2) is 8.42 Å². The first-order chi connectivity index (χ1) is 29.2. The summed E-state index contributed by atoms with van der Waals surface area (Å²) in [5, 5.41) is 26.5. The highest BCUT2D eigenvalue weighted by Gasteiger charge is 2.75. The molecule has 7 nitrogen and oxygen atoms in total. The van der Waals surface area contributed by atoms with Crippen LogP contribution in [0.2, 0.25) is 5.02 Å². The van der Waals surface area contributed by atoms with Crippen molar-refractivity contribution in [2.75, 3.05) is 13.1 Å². The number of carbonyl (C=O) groups is 1. The molecule has 0 radical (unpaired) electrons. The zero-order valence-corrected chi connectivity index (χ0v) is 37.6. The van der Waals surface area contributed by atoms with Gasteiger partial charge in [0.15, 0.2) is 5.76 Å². The van der Waals surface area contributed by atoms with Gasteiger partial charge in [-0.15, -0.1) is 11.3 Å². The topological polar surface area (TPSA) is 108 Å². The fraction of sp³-hybridized carbons (Fsp3) is 0.612. The minimum Gasteiger partial charge on any atom is -0.453 e. The Morgan fingerprint density at radius 3 is 2.26 bits per heavy atom. The SMILES string of the molecule is CC12CCC(O)CC13C=CC1(C(C(=O)c4ccc(-c5cc(C(F)(F)F)ccc5Cl)o4)=C3)C2CCC2(C)C1CCC2(O)CN(CC12CC3CC(CC(C3)C1)C2)S(=O)(=O)c1cccs1. The predicted octanol–water partition coefficient (Wildman–Crippen LogP) is 11.4. The number of nitrogens with zero attached hydrogens (tertiary/aromatic N) is 1. The zero-order valence-electron chi connectivity index (χ0n) is 35.2. The van der Waals surface area contributed by atoms with Crippen molar-refractivity contribution in [3.8, 4) is 11.3 Å². The average molecular weight is 911 g/mol. The van der Waals surface area contributed by atoms with Gasteiger partial charge in [0.2, 0.25) is 5.78 Å². The molecule has 2 N–H and O–H groups in total. The van der Waals surface area contributed by atoms with Gasteiger partial charge in [0.25, 0.3) is 10.0 Å². The monoisotopic (exact) mass is 909 g/mol. The lowest BCUT2D eigenvalue weighted by molar-refractivity contribution is -0.175. The van der Waals surface area contributed by atoms with Gasteiger partial charge in [0.1, 0.15) is 9.97 Å². The largest absolute Gasteiger partial charge is 0.453 e. The molecule has 0 amide bonds. The summed E-state index contributed by atoms with van der Waals surface area (Å²) in [5.41, 5.74) is -4.40. The summed E-state index contributed by atoms with van der Waals surface area (Å²) in [7, 11) is -3.95. The fourth-order valence-electron chi connectivity index (χ4n) is 16.1. The molecule has 62 heavy (non-hydrogen) atoms. The van der Waals surface area contributed by atoms with Crippen LogP contribution < -0.4 is 0 Å². The van der Waals surface area contributed by atoms with Gasteiger partial charge in [0.05, 0.1) is 22.3 Å². The Balaban J connectivity index is 0.985. The van der Waals surface area contributed by atoms with Crippen LogP contribution in [0.1, 0.15) is 113 Å². The Bertz CT molecular complexity index is 2480. The van der Waals surface area contributed by atoms with Crippen LogP contribution in [0.25, 0.3) is 11.3 Å². The molecule has 3 aromatic rings. The molecular formula is C49H55ClF3NO6S2. The number of thiophene rings is 1. The minimum absolute atomic E-state index is 0.0208. The minimum atomic E-state index is -4.61. The van der Waals surface area contributed by atoms with Crippen LogP contribution in [0.4, 0.5) is 13.2 Å². The van der Waals surface area contributed by atoms with Crippen LogP contribution in [-0.4, -0.2) is 53.5 Å². The van der Waals surface area contributed by atoms with Crippen molar-refractivity contribution in [2.45, 2.75) is 119 Å². The Morgan fingerprint density at radius 2 is 1.58 bits per heavy atom. The number of sulfonamides is 1. The Labute approximate surface area is 370 Å². The standard InChI is InChI=1S/C49H55ClF3NO6S2/c1-43-12-9-33(55)25-46(43)15-16-48(35(26-46)42(56)38-8-7-37(60-38)34-21-32(49(51,52)53)5-6-36(34)50)39(43)10-13-44(2)40(48)11-14-47(44,57)28-54(62(58,59)41-4-3-17-61-41)27-45-22-29-18-30(23-45)20-31(19-29)24-45/h3-8,15-17,21,26,29-31,33,39-40,55,57H,9-14,18-20,22-25,27-28H2,1-2H3. The summed E-state index contributed by atoms with van der Waals surface area (Å²) < 4.78 is 79.2. The van der Waals surface area contributed by atoms with Crippen molar-refractivity contribution in [2.24, 2.45) is 56.7 Å². The number of hydrogen-bond acceptors (Lipinski definition) is 7. The number of halogens is 4. The molecular weight excluding hydrogens is 855 g/mol. The molecule has 0 aliphatic heterocycles. The second-order valence-electron chi connectivity index (χ2n) is 21.6. The van der Waals surface area contributed by atoms with Gasteiger partial charge >= 0.3 is 6.18 Å². The van der Waals surface area contributed by atoms with E-state index >= 15 is 4.79 Å². The summed E-state index contributed by atoms with van der Waals surface area (Å²) in [6.07, 6.45) is 12.2. The Kier molecular flexibility index (Phi) is 9.24. The second kappa shape index (κ2) is 13.7. The smallest absolute Gasteiger partial charge is 0.416 e. The third-order valence-corrected chi connectivity index (χ3v) is 22.0. The van der Waals surface area contributed by atoms with Crippen molar-refractivity contribution >= 4 is 38.7 Å². The maximum absolute atomic E-state index is 15.3.